The number of ether oxygens (including phenoxy) is 3. The van der Waals surface area contributed by atoms with Crippen LogP contribution in [0.2, 0.25) is 0 Å². The summed E-state index contributed by atoms with van der Waals surface area (Å²) in [5.41, 5.74) is 3.86. The van der Waals surface area contributed by atoms with Gasteiger partial charge in [0.05, 0.1) is 28.9 Å². The molecule has 0 saturated carbocycles. The third kappa shape index (κ3) is 5.27. The molecule has 1 aromatic heterocycles. The van der Waals surface area contributed by atoms with Crippen LogP contribution in [0, 0.1) is 0 Å². The number of aromatic nitrogens is 1. The normalized spacial score (nSPS) is 20.5. The number of carbonyl (C=O) groups is 1. The molecule has 2 saturated heterocycles. The quantitative estimate of drug-likeness (QED) is 0.484. The van der Waals surface area contributed by atoms with Crippen molar-refractivity contribution in [1.82, 2.24) is 9.88 Å². The minimum Gasteiger partial charge on any atom is -0.482 e. The number of likely N-dealkylation sites (tertiary alicyclic amines) is 1. The number of rotatable bonds is 2. The van der Waals surface area contributed by atoms with E-state index in [0.717, 1.165) is 72.1 Å². The minimum atomic E-state index is -0.482. The lowest BCUT2D eigenvalue weighted by molar-refractivity contribution is 0.0205. The molecule has 3 aliphatic rings. The van der Waals surface area contributed by atoms with Crippen LogP contribution in [0.1, 0.15) is 63.7 Å². The number of pyridine rings is 1. The van der Waals surface area contributed by atoms with Gasteiger partial charge in [0, 0.05) is 38.1 Å². The number of piperidine rings is 1. The number of hydrogen-bond acceptors (Lipinski definition) is 7. The largest absolute Gasteiger partial charge is 0.482 e. The summed E-state index contributed by atoms with van der Waals surface area (Å²) >= 11 is 3.77. The van der Waals surface area contributed by atoms with E-state index in [-0.39, 0.29) is 12.2 Å². The third-order valence-electron chi connectivity index (χ3n) is 6.96. The Morgan fingerprint density at radius 1 is 1.17 bits per heavy atom. The van der Waals surface area contributed by atoms with Gasteiger partial charge in [0.2, 0.25) is 0 Å². The van der Waals surface area contributed by atoms with Crippen molar-refractivity contribution in [2.24, 2.45) is 0 Å². The molecule has 2 aromatic rings. The monoisotopic (exact) mass is 558 g/mol. The van der Waals surface area contributed by atoms with Crippen molar-refractivity contribution in [1.29, 1.82) is 0 Å². The van der Waals surface area contributed by atoms with Crippen LogP contribution >= 0.6 is 15.9 Å². The van der Waals surface area contributed by atoms with Gasteiger partial charge in [0.1, 0.15) is 17.5 Å². The first-order valence-electron chi connectivity index (χ1n) is 12.8. The van der Waals surface area contributed by atoms with E-state index in [1.807, 2.05) is 31.9 Å². The summed E-state index contributed by atoms with van der Waals surface area (Å²) in [6.45, 7) is 12.3. The van der Waals surface area contributed by atoms with E-state index in [9.17, 15) is 4.79 Å². The number of nitrogens with zero attached hydrogens (tertiary/aromatic N) is 3. The Balaban J connectivity index is 1.37. The number of amides is 1. The maximum atomic E-state index is 12.5. The highest BCUT2D eigenvalue weighted by atomic mass is 79.9. The third-order valence-corrected chi connectivity index (χ3v) is 7.55. The van der Waals surface area contributed by atoms with Crippen LogP contribution in [0.15, 0.2) is 28.9 Å². The Hall–Kier alpha value is -2.52. The zero-order valence-electron chi connectivity index (χ0n) is 21.5. The topological polar surface area (TPSA) is 76.2 Å². The second-order valence-electron chi connectivity index (χ2n) is 10.7. The summed E-state index contributed by atoms with van der Waals surface area (Å²) in [6, 6.07) is 6.41. The van der Waals surface area contributed by atoms with Gasteiger partial charge in [-0.25, -0.2) is 9.78 Å². The van der Waals surface area contributed by atoms with Crippen LogP contribution in [0.3, 0.4) is 0 Å². The first-order valence-corrected chi connectivity index (χ1v) is 13.6. The summed E-state index contributed by atoms with van der Waals surface area (Å²) in [5.74, 6) is 1.97. The van der Waals surface area contributed by atoms with Gasteiger partial charge in [0.15, 0.2) is 5.75 Å². The minimum absolute atomic E-state index is 0.167. The Kier molecular flexibility index (Phi) is 7.05. The van der Waals surface area contributed by atoms with Crippen LogP contribution < -0.4 is 15.0 Å². The summed E-state index contributed by atoms with van der Waals surface area (Å²) in [7, 11) is 0. The number of benzene rings is 1. The van der Waals surface area contributed by atoms with Gasteiger partial charge in [-0.3, -0.25) is 0 Å². The van der Waals surface area contributed by atoms with Crippen LogP contribution in [0.5, 0.6) is 5.75 Å². The summed E-state index contributed by atoms with van der Waals surface area (Å²) in [6.07, 6.45) is 3.24. The predicted octanol–water partition coefficient (Wildman–Crippen LogP) is 5.99. The summed E-state index contributed by atoms with van der Waals surface area (Å²) < 4.78 is 18.5. The smallest absolute Gasteiger partial charge is 0.410 e. The first-order chi connectivity index (χ1) is 17.2. The first kappa shape index (κ1) is 25.1. The molecule has 5 rings (SSSR count). The van der Waals surface area contributed by atoms with E-state index in [1.165, 1.54) is 5.56 Å². The fourth-order valence-corrected chi connectivity index (χ4v) is 5.76. The lowest BCUT2D eigenvalue weighted by atomic mass is 9.89. The van der Waals surface area contributed by atoms with E-state index < -0.39 is 5.60 Å². The standard InChI is InChI=1S/C27H35BrN4O4/c1-17-23-22(31-11-13-34-14-12-31)5-8-29-25(23)30-21-16-19(15-20(28)24(21)35-17)18-6-9-32(10-7-18)26(33)36-27(2,3)4/h5,8,15-18H,6-7,9-14H2,1-4H3,(H,29,30). The van der Waals surface area contributed by atoms with E-state index in [0.29, 0.717) is 19.0 Å². The molecule has 194 valence electrons. The molecule has 0 aliphatic carbocycles. The zero-order chi connectivity index (χ0) is 25.4. The van der Waals surface area contributed by atoms with Crippen molar-refractivity contribution in [3.05, 3.63) is 40.0 Å². The molecule has 1 amide bonds. The van der Waals surface area contributed by atoms with E-state index >= 15 is 0 Å². The molecular weight excluding hydrogens is 524 g/mol. The molecular formula is C27H35BrN4O4. The predicted molar refractivity (Wildman–Crippen MR) is 144 cm³/mol. The second-order valence-corrected chi connectivity index (χ2v) is 11.6. The average molecular weight is 560 g/mol. The Morgan fingerprint density at radius 2 is 1.89 bits per heavy atom. The lowest BCUT2D eigenvalue weighted by Gasteiger charge is -2.34. The highest BCUT2D eigenvalue weighted by Gasteiger charge is 2.31. The Labute approximate surface area is 221 Å². The fraction of sp³-hybridized carbons (Fsp3) is 0.556. The maximum absolute atomic E-state index is 12.5. The van der Waals surface area contributed by atoms with Gasteiger partial charge in [-0.2, -0.15) is 0 Å². The number of morpholine rings is 1. The van der Waals surface area contributed by atoms with E-state index in [4.69, 9.17) is 19.2 Å². The maximum Gasteiger partial charge on any atom is 0.410 e. The van der Waals surface area contributed by atoms with Gasteiger partial charge in [-0.15, -0.1) is 0 Å². The molecule has 0 bridgehead atoms. The molecule has 1 unspecified atom stereocenters. The van der Waals surface area contributed by atoms with E-state index in [2.05, 4.69) is 51.3 Å². The van der Waals surface area contributed by atoms with Crippen molar-refractivity contribution in [3.63, 3.8) is 0 Å². The van der Waals surface area contributed by atoms with Crippen LogP contribution in [-0.4, -0.2) is 61.0 Å². The Morgan fingerprint density at radius 3 is 2.58 bits per heavy atom. The van der Waals surface area contributed by atoms with Gasteiger partial charge in [0.25, 0.3) is 0 Å². The molecule has 8 nitrogen and oxygen atoms in total. The van der Waals surface area contributed by atoms with Crippen molar-refractivity contribution < 1.29 is 19.0 Å². The fourth-order valence-electron chi connectivity index (χ4n) is 5.19. The number of fused-ring (bicyclic) bond motifs is 2. The molecule has 1 atom stereocenters. The van der Waals surface area contributed by atoms with Gasteiger partial charge in [-0.1, -0.05) is 0 Å². The summed E-state index contributed by atoms with van der Waals surface area (Å²) in [5, 5.41) is 3.58. The Bertz CT molecular complexity index is 1120. The van der Waals surface area contributed by atoms with Crippen molar-refractivity contribution in [2.75, 3.05) is 49.6 Å². The highest BCUT2D eigenvalue weighted by Crippen LogP contribution is 2.47. The van der Waals surface area contributed by atoms with Gasteiger partial charge >= 0.3 is 6.09 Å². The van der Waals surface area contributed by atoms with E-state index in [1.54, 1.807) is 0 Å². The molecule has 36 heavy (non-hydrogen) atoms. The molecule has 9 heteroatoms. The average Bonchev–Trinajstić information content (AvgIpc) is 3.00. The van der Waals surface area contributed by atoms with Gasteiger partial charge < -0.3 is 29.3 Å². The zero-order valence-corrected chi connectivity index (χ0v) is 23.1. The molecule has 3 aliphatic heterocycles. The summed E-state index contributed by atoms with van der Waals surface area (Å²) in [4.78, 5) is 21.3. The van der Waals surface area contributed by atoms with Crippen LogP contribution in [0.4, 0.5) is 22.0 Å². The molecule has 4 heterocycles. The molecule has 0 spiro atoms. The van der Waals surface area contributed by atoms with Crippen LogP contribution in [0.25, 0.3) is 0 Å². The van der Waals surface area contributed by atoms with Crippen molar-refractivity contribution in [3.8, 4) is 5.75 Å². The number of anilines is 3. The number of halogens is 1. The lowest BCUT2D eigenvalue weighted by Crippen LogP contribution is -2.41. The van der Waals surface area contributed by atoms with Crippen molar-refractivity contribution >= 4 is 39.2 Å². The number of hydrogen-bond donors (Lipinski definition) is 1. The highest BCUT2D eigenvalue weighted by molar-refractivity contribution is 9.10. The second kappa shape index (κ2) is 10.1. The molecule has 0 radical (unpaired) electrons. The molecule has 1 N–H and O–H groups in total. The number of carbonyl (C=O) groups excluding carboxylic acids is 1. The van der Waals surface area contributed by atoms with Crippen LogP contribution in [-0.2, 0) is 9.47 Å². The van der Waals surface area contributed by atoms with Gasteiger partial charge in [-0.05, 0) is 86.1 Å². The SMILES string of the molecule is CC1Oc2c(Br)cc(C3CCN(C(=O)OC(C)(C)C)CC3)cc2Nc2nccc(N3CCOCC3)c21. The van der Waals surface area contributed by atoms with Crippen molar-refractivity contribution in [2.45, 2.75) is 58.2 Å². The number of nitrogens with one attached hydrogen (secondary N) is 1. The molecule has 1 aromatic carbocycles. The molecule has 2 fully saturated rings.